The maximum absolute atomic E-state index is 12.5. The van der Waals surface area contributed by atoms with Gasteiger partial charge in [-0.25, -0.2) is 4.68 Å². The number of hydrogen-bond acceptors (Lipinski definition) is 5. The van der Waals surface area contributed by atoms with Crippen molar-refractivity contribution in [3.63, 3.8) is 0 Å². The van der Waals surface area contributed by atoms with E-state index in [1.54, 1.807) is 10.7 Å². The minimum absolute atomic E-state index is 0.0193. The molecule has 3 N–H and O–H groups in total. The minimum Gasteiger partial charge on any atom is -0.384 e. The Kier molecular flexibility index (Phi) is 6.87. The molecule has 0 spiro atoms. The van der Waals surface area contributed by atoms with Crippen LogP contribution in [0.15, 0.2) is 36.4 Å². The average Bonchev–Trinajstić information content (AvgIpc) is 3.04. The number of nitrogens with one attached hydrogen (secondary N) is 1. The Labute approximate surface area is 171 Å². The van der Waals surface area contributed by atoms with E-state index >= 15 is 0 Å². The molecule has 3 rings (SSSR count). The zero-order chi connectivity index (χ0) is 20.8. The molecule has 1 aliphatic heterocycles. The van der Waals surface area contributed by atoms with Gasteiger partial charge in [-0.1, -0.05) is 30.3 Å². The minimum atomic E-state index is -0.610. The normalized spacial score (nSPS) is 15.9. The first-order chi connectivity index (χ1) is 14.0. The van der Waals surface area contributed by atoms with Crippen LogP contribution in [0, 0.1) is 12.8 Å². The van der Waals surface area contributed by atoms with Crippen molar-refractivity contribution >= 4 is 17.6 Å². The van der Waals surface area contributed by atoms with E-state index in [4.69, 9.17) is 10.5 Å². The number of carbonyl (C=O) groups is 2. The van der Waals surface area contributed by atoms with Crippen LogP contribution in [0.2, 0.25) is 0 Å². The first kappa shape index (κ1) is 20.9. The number of aromatic nitrogens is 2. The summed E-state index contributed by atoms with van der Waals surface area (Å²) in [6.45, 7) is 3.94. The van der Waals surface area contributed by atoms with Gasteiger partial charge in [-0.05, 0) is 31.2 Å². The predicted octanol–water partition coefficient (Wildman–Crippen LogP) is 1.52. The predicted molar refractivity (Wildman–Crippen MR) is 110 cm³/mol. The van der Waals surface area contributed by atoms with Gasteiger partial charge >= 0.3 is 0 Å². The van der Waals surface area contributed by atoms with E-state index in [2.05, 4.69) is 10.4 Å². The van der Waals surface area contributed by atoms with Gasteiger partial charge in [0.1, 0.15) is 12.4 Å². The Morgan fingerprint density at radius 2 is 1.97 bits per heavy atom. The van der Waals surface area contributed by atoms with E-state index in [0.717, 1.165) is 24.1 Å². The summed E-state index contributed by atoms with van der Waals surface area (Å²) in [7, 11) is 1.54. The Morgan fingerprint density at radius 3 is 2.55 bits per heavy atom. The molecular weight excluding hydrogens is 370 g/mol. The molecule has 1 saturated heterocycles. The summed E-state index contributed by atoms with van der Waals surface area (Å²) < 4.78 is 6.91. The first-order valence-electron chi connectivity index (χ1n) is 9.91. The van der Waals surface area contributed by atoms with Gasteiger partial charge in [0.25, 0.3) is 5.91 Å². The molecule has 0 radical (unpaired) electrons. The summed E-state index contributed by atoms with van der Waals surface area (Å²) in [5.74, 6) is 0.723. The van der Waals surface area contributed by atoms with Crippen molar-refractivity contribution < 1.29 is 14.3 Å². The number of methoxy groups -OCH3 is 1. The van der Waals surface area contributed by atoms with E-state index in [-0.39, 0.29) is 18.4 Å². The summed E-state index contributed by atoms with van der Waals surface area (Å²) in [6.07, 6.45) is 1.09. The van der Waals surface area contributed by atoms with Crippen LogP contribution in [-0.4, -0.2) is 53.2 Å². The molecule has 1 aliphatic rings. The maximum Gasteiger partial charge on any atom is 0.253 e. The fourth-order valence-corrected chi connectivity index (χ4v) is 3.67. The molecule has 1 aromatic heterocycles. The number of nitrogen functional groups attached to an aromatic ring is 1. The SMILES string of the molecule is CO[C@@H](C(=O)NCC1CCN(C(=O)Cn2nc(C)cc2N)CC1)c1ccccc1. The van der Waals surface area contributed by atoms with Gasteiger partial charge in [0.2, 0.25) is 5.91 Å². The van der Waals surface area contributed by atoms with Crippen molar-refractivity contribution in [1.82, 2.24) is 20.0 Å². The Balaban J connectivity index is 1.44. The monoisotopic (exact) mass is 399 g/mol. The van der Waals surface area contributed by atoms with E-state index in [9.17, 15) is 9.59 Å². The molecule has 29 heavy (non-hydrogen) atoms. The summed E-state index contributed by atoms with van der Waals surface area (Å²) in [5, 5.41) is 7.24. The van der Waals surface area contributed by atoms with Gasteiger partial charge in [0.05, 0.1) is 5.69 Å². The molecule has 0 aliphatic carbocycles. The number of nitrogens with two attached hydrogens (primary N) is 1. The maximum atomic E-state index is 12.5. The molecule has 1 aromatic carbocycles. The number of likely N-dealkylation sites (tertiary alicyclic amines) is 1. The van der Waals surface area contributed by atoms with Crippen LogP contribution in [0.5, 0.6) is 0 Å². The van der Waals surface area contributed by atoms with Crippen LogP contribution in [-0.2, 0) is 20.9 Å². The highest BCUT2D eigenvalue weighted by molar-refractivity contribution is 5.82. The van der Waals surface area contributed by atoms with Gasteiger partial charge in [0.15, 0.2) is 6.10 Å². The molecule has 1 atom stereocenters. The molecule has 0 unspecified atom stereocenters. The Bertz CT molecular complexity index is 828. The van der Waals surface area contributed by atoms with Crippen LogP contribution in [0.25, 0.3) is 0 Å². The standard InChI is InChI=1S/C21H29N5O3/c1-15-12-18(22)26(24-15)14-19(27)25-10-8-16(9-11-25)13-23-21(28)20(29-2)17-6-4-3-5-7-17/h3-7,12,16,20H,8-11,13-14,22H2,1-2H3,(H,23,28)/t20-/m1/s1. The highest BCUT2D eigenvalue weighted by Gasteiger charge is 2.25. The molecular formula is C21H29N5O3. The van der Waals surface area contributed by atoms with Crippen molar-refractivity contribution in [3.8, 4) is 0 Å². The number of hydrogen-bond donors (Lipinski definition) is 2. The van der Waals surface area contributed by atoms with Crippen LogP contribution in [0.3, 0.4) is 0 Å². The molecule has 156 valence electrons. The lowest BCUT2D eigenvalue weighted by Crippen LogP contribution is -2.43. The number of rotatable bonds is 7. The summed E-state index contributed by atoms with van der Waals surface area (Å²) in [4.78, 5) is 26.9. The fraction of sp³-hybridized carbons (Fsp3) is 0.476. The second-order valence-electron chi connectivity index (χ2n) is 7.46. The number of anilines is 1. The lowest BCUT2D eigenvalue weighted by Gasteiger charge is -2.32. The van der Waals surface area contributed by atoms with Crippen molar-refractivity contribution in [2.45, 2.75) is 32.4 Å². The number of carbonyl (C=O) groups excluding carboxylic acids is 2. The highest BCUT2D eigenvalue weighted by atomic mass is 16.5. The summed E-state index contributed by atoms with van der Waals surface area (Å²) in [6, 6.07) is 11.2. The van der Waals surface area contributed by atoms with Gasteiger partial charge in [-0.3, -0.25) is 9.59 Å². The number of benzene rings is 1. The lowest BCUT2D eigenvalue weighted by molar-refractivity contribution is -0.134. The molecule has 8 nitrogen and oxygen atoms in total. The second-order valence-corrected chi connectivity index (χ2v) is 7.46. The number of nitrogens with zero attached hydrogens (tertiary/aromatic N) is 3. The highest BCUT2D eigenvalue weighted by Crippen LogP contribution is 2.19. The Morgan fingerprint density at radius 1 is 1.28 bits per heavy atom. The first-order valence-corrected chi connectivity index (χ1v) is 9.91. The molecule has 0 bridgehead atoms. The molecule has 8 heteroatoms. The van der Waals surface area contributed by atoms with Gasteiger partial charge < -0.3 is 20.7 Å². The molecule has 2 amide bonds. The zero-order valence-corrected chi connectivity index (χ0v) is 17.0. The molecule has 2 heterocycles. The molecule has 1 fully saturated rings. The smallest absolute Gasteiger partial charge is 0.253 e. The summed E-state index contributed by atoms with van der Waals surface area (Å²) in [5.41, 5.74) is 7.50. The van der Waals surface area contributed by atoms with Gasteiger partial charge in [-0.15, -0.1) is 0 Å². The van der Waals surface area contributed by atoms with E-state index in [0.29, 0.717) is 31.4 Å². The Hall–Kier alpha value is -2.87. The number of piperidine rings is 1. The van der Waals surface area contributed by atoms with Crippen LogP contribution in [0.1, 0.15) is 30.2 Å². The lowest BCUT2D eigenvalue weighted by atomic mass is 9.96. The number of ether oxygens (including phenoxy) is 1. The molecule has 0 saturated carbocycles. The van der Waals surface area contributed by atoms with Crippen molar-refractivity contribution in [2.75, 3.05) is 32.5 Å². The topological polar surface area (TPSA) is 102 Å². The third-order valence-electron chi connectivity index (χ3n) is 5.33. The average molecular weight is 399 g/mol. The quantitative estimate of drug-likeness (QED) is 0.735. The van der Waals surface area contributed by atoms with Gasteiger partial charge in [0, 0.05) is 32.8 Å². The van der Waals surface area contributed by atoms with Crippen LogP contribution >= 0.6 is 0 Å². The number of amides is 2. The van der Waals surface area contributed by atoms with Crippen LogP contribution in [0.4, 0.5) is 5.82 Å². The number of aryl methyl sites for hydroxylation is 1. The summed E-state index contributed by atoms with van der Waals surface area (Å²) >= 11 is 0. The third-order valence-corrected chi connectivity index (χ3v) is 5.33. The van der Waals surface area contributed by atoms with E-state index < -0.39 is 6.10 Å². The van der Waals surface area contributed by atoms with Crippen molar-refractivity contribution in [3.05, 3.63) is 47.7 Å². The van der Waals surface area contributed by atoms with E-state index in [1.165, 1.54) is 7.11 Å². The molecule has 2 aromatic rings. The fourth-order valence-electron chi connectivity index (χ4n) is 3.67. The van der Waals surface area contributed by atoms with Gasteiger partial charge in [-0.2, -0.15) is 5.10 Å². The van der Waals surface area contributed by atoms with Crippen molar-refractivity contribution in [2.24, 2.45) is 5.92 Å². The largest absolute Gasteiger partial charge is 0.384 e. The third kappa shape index (κ3) is 5.35. The zero-order valence-electron chi connectivity index (χ0n) is 17.0. The van der Waals surface area contributed by atoms with E-state index in [1.807, 2.05) is 42.2 Å². The second kappa shape index (κ2) is 9.56. The van der Waals surface area contributed by atoms with Crippen LogP contribution < -0.4 is 11.1 Å². The van der Waals surface area contributed by atoms with Crippen molar-refractivity contribution in [1.29, 1.82) is 0 Å².